The summed E-state index contributed by atoms with van der Waals surface area (Å²) in [6.07, 6.45) is 1.88. The lowest BCUT2D eigenvalue weighted by Gasteiger charge is -2.37. The van der Waals surface area contributed by atoms with E-state index in [1.54, 1.807) is 6.07 Å². The monoisotopic (exact) mass is 264 g/mol. The third-order valence-corrected chi connectivity index (χ3v) is 3.72. The summed E-state index contributed by atoms with van der Waals surface area (Å²) in [5.41, 5.74) is 0.852. The van der Waals surface area contributed by atoms with E-state index in [0.717, 1.165) is 31.5 Å². The molecular formula is C15H21FN2O. The van der Waals surface area contributed by atoms with E-state index < -0.39 is 0 Å². The number of rotatable bonds is 4. The lowest BCUT2D eigenvalue weighted by atomic mass is 9.99. The largest absolute Gasteiger partial charge is 0.335 e. The van der Waals surface area contributed by atoms with Crippen molar-refractivity contribution in [2.75, 3.05) is 13.1 Å². The Morgan fingerprint density at radius 3 is 3.00 bits per heavy atom. The number of likely N-dealkylation sites (N-methyl/N-ethyl adjacent to an activating group) is 1. The molecule has 104 valence electrons. The van der Waals surface area contributed by atoms with Crippen LogP contribution in [0.25, 0.3) is 0 Å². The summed E-state index contributed by atoms with van der Waals surface area (Å²) < 4.78 is 13.3. The Morgan fingerprint density at radius 1 is 1.53 bits per heavy atom. The lowest BCUT2D eigenvalue weighted by molar-refractivity contribution is -0.138. The lowest BCUT2D eigenvalue weighted by Crippen LogP contribution is -2.51. The van der Waals surface area contributed by atoms with Crippen LogP contribution in [0.3, 0.4) is 0 Å². The van der Waals surface area contributed by atoms with Gasteiger partial charge in [-0.2, -0.15) is 0 Å². The Bertz CT molecular complexity index is 448. The number of halogens is 1. The van der Waals surface area contributed by atoms with Crippen LogP contribution in [0.4, 0.5) is 4.39 Å². The van der Waals surface area contributed by atoms with E-state index in [9.17, 15) is 9.18 Å². The number of piperidine rings is 1. The first-order valence-electron chi connectivity index (χ1n) is 6.92. The fourth-order valence-corrected chi connectivity index (χ4v) is 2.67. The molecule has 1 aromatic rings. The van der Waals surface area contributed by atoms with E-state index in [0.29, 0.717) is 0 Å². The van der Waals surface area contributed by atoms with E-state index in [1.807, 2.05) is 24.8 Å². The molecule has 1 aliphatic rings. The molecule has 0 bridgehead atoms. The zero-order valence-electron chi connectivity index (χ0n) is 11.5. The maximum Gasteiger partial charge on any atom is 0.240 e. The highest BCUT2D eigenvalue weighted by atomic mass is 19.1. The molecule has 1 saturated heterocycles. The zero-order valence-corrected chi connectivity index (χ0v) is 11.5. The Morgan fingerprint density at radius 2 is 2.32 bits per heavy atom. The molecule has 1 heterocycles. The molecule has 3 nitrogen and oxygen atoms in total. The van der Waals surface area contributed by atoms with E-state index in [-0.39, 0.29) is 23.8 Å². The molecule has 0 aromatic heterocycles. The Labute approximate surface area is 113 Å². The number of hydrogen-bond donors (Lipinski definition) is 1. The Balaban J connectivity index is 2.14. The molecule has 1 fully saturated rings. The van der Waals surface area contributed by atoms with Gasteiger partial charge in [-0.05, 0) is 44.0 Å². The number of amides is 1. The van der Waals surface area contributed by atoms with E-state index in [1.165, 1.54) is 12.1 Å². The number of likely N-dealkylation sites (tertiary alicyclic amines) is 1. The van der Waals surface area contributed by atoms with Crippen molar-refractivity contribution in [1.82, 2.24) is 10.2 Å². The number of nitrogens with zero attached hydrogens (tertiary/aromatic N) is 1. The van der Waals surface area contributed by atoms with E-state index in [2.05, 4.69) is 5.32 Å². The first kappa shape index (κ1) is 14.0. The quantitative estimate of drug-likeness (QED) is 0.906. The van der Waals surface area contributed by atoms with Gasteiger partial charge in [-0.1, -0.05) is 19.1 Å². The molecule has 4 heteroatoms. The fraction of sp³-hybridized carbons (Fsp3) is 0.533. The summed E-state index contributed by atoms with van der Waals surface area (Å²) in [4.78, 5) is 14.2. The SMILES string of the molecule is CCNC1CCCN(C(C)c2cccc(F)c2)C1=O. The molecule has 0 spiro atoms. The third-order valence-electron chi connectivity index (χ3n) is 3.72. The zero-order chi connectivity index (χ0) is 13.8. The Hall–Kier alpha value is -1.42. The van der Waals surface area contributed by atoms with Crippen LogP contribution in [-0.2, 0) is 4.79 Å². The molecule has 1 N–H and O–H groups in total. The highest BCUT2D eigenvalue weighted by Crippen LogP contribution is 2.25. The van der Waals surface area contributed by atoms with Gasteiger partial charge in [-0.3, -0.25) is 4.79 Å². The Kier molecular flexibility index (Phi) is 4.53. The van der Waals surface area contributed by atoms with Crippen molar-refractivity contribution >= 4 is 5.91 Å². The fourth-order valence-electron chi connectivity index (χ4n) is 2.67. The van der Waals surface area contributed by atoms with Gasteiger partial charge in [0.25, 0.3) is 0 Å². The normalized spacial score (nSPS) is 21.5. The third kappa shape index (κ3) is 3.13. The molecule has 0 radical (unpaired) electrons. The number of carbonyl (C=O) groups is 1. The summed E-state index contributed by atoms with van der Waals surface area (Å²) in [5, 5.41) is 3.22. The molecule has 2 unspecified atom stereocenters. The highest BCUT2D eigenvalue weighted by Gasteiger charge is 2.31. The van der Waals surface area contributed by atoms with Crippen molar-refractivity contribution in [1.29, 1.82) is 0 Å². The number of carbonyl (C=O) groups excluding carboxylic acids is 1. The second-order valence-corrected chi connectivity index (χ2v) is 5.02. The van der Waals surface area contributed by atoms with E-state index >= 15 is 0 Å². The second kappa shape index (κ2) is 6.15. The maximum atomic E-state index is 13.3. The minimum Gasteiger partial charge on any atom is -0.335 e. The van der Waals surface area contributed by atoms with Crippen LogP contribution in [0.2, 0.25) is 0 Å². The van der Waals surface area contributed by atoms with Crippen molar-refractivity contribution in [3.8, 4) is 0 Å². The van der Waals surface area contributed by atoms with Crippen molar-refractivity contribution in [2.45, 2.75) is 38.8 Å². The van der Waals surface area contributed by atoms with Gasteiger partial charge in [-0.25, -0.2) is 4.39 Å². The average Bonchev–Trinajstić information content (AvgIpc) is 2.41. The molecule has 1 aliphatic heterocycles. The van der Waals surface area contributed by atoms with Gasteiger partial charge in [0, 0.05) is 6.54 Å². The summed E-state index contributed by atoms with van der Waals surface area (Å²) in [7, 11) is 0. The molecule has 2 atom stereocenters. The van der Waals surface area contributed by atoms with Crippen molar-refractivity contribution in [3.05, 3.63) is 35.6 Å². The molecule has 0 aliphatic carbocycles. The van der Waals surface area contributed by atoms with Gasteiger partial charge in [0.05, 0.1) is 12.1 Å². The topological polar surface area (TPSA) is 32.3 Å². The predicted octanol–water partition coefficient (Wildman–Crippen LogP) is 2.49. The maximum absolute atomic E-state index is 13.3. The summed E-state index contributed by atoms with van der Waals surface area (Å²) in [6, 6.07) is 6.33. The minimum atomic E-state index is -0.253. The first-order chi connectivity index (χ1) is 9.13. The smallest absolute Gasteiger partial charge is 0.240 e. The van der Waals surface area contributed by atoms with Crippen molar-refractivity contribution < 1.29 is 9.18 Å². The van der Waals surface area contributed by atoms with Crippen LogP contribution < -0.4 is 5.32 Å². The van der Waals surface area contributed by atoms with Crippen LogP contribution in [0.5, 0.6) is 0 Å². The van der Waals surface area contributed by atoms with Gasteiger partial charge in [0.2, 0.25) is 5.91 Å². The van der Waals surface area contributed by atoms with Crippen LogP contribution in [-0.4, -0.2) is 29.9 Å². The number of hydrogen-bond acceptors (Lipinski definition) is 2. The van der Waals surface area contributed by atoms with Crippen LogP contribution in [0.15, 0.2) is 24.3 Å². The predicted molar refractivity (Wildman–Crippen MR) is 73.2 cm³/mol. The van der Waals surface area contributed by atoms with Crippen LogP contribution >= 0.6 is 0 Å². The van der Waals surface area contributed by atoms with Gasteiger partial charge >= 0.3 is 0 Å². The van der Waals surface area contributed by atoms with Crippen LogP contribution in [0.1, 0.15) is 38.3 Å². The highest BCUT2D eigenvalue weighted by molar-refractivity contribution is 5.83. The van der Waals surface area contributed by atoms with Gasteiger partial charge < -0.3 is 10.2 Å². The molecular weight excluding hydrogens is 243 g/mol. The summed E-state index contributed by atoms with van der Waals surface area (Å²) >= 11 is 0. The molecule has 1 aromatic carbocycles. The van der Waals surface area contributed by atoms with Crippen molar-refractivity contribution in [2.24, 2.45) is 0 Å². The summed E-state index contributed by atoms with van der Waals surface area (Å²) in [6.45, 7) is 5.50. The molecule has 1 amide bonds. The van der Waals surface area contributed by atoms with Crippen molar-refractivity contribution in [3.63, 3.8) is 0 Å². The average molecular weight is 264 g/mol. The standard InChI is InChI=1S/C15H21FN2O/c1-3-17-14-8-5-9-18(15(14)19)11(2)12-6-4-7-13(16)10-12/h4,6-7,10-11,14,17H,3,5,8-9H2,1-2H3. The minimum absolute atomic E-state index is 0.0790. The number of nitrogens with one attached hydrogen (secondary N) is 1. The molecule has 19 heavy (non-hydrogen) atoms. The van der Waals surface area contributed by atoms with E-state index in [4.69, 9.17) is 0 Å². The van der Waals surface area contributed by atoms with Gasteiger partial charge in [-0.15, -0.1) is 0 Å². The van der Waals surface area contributed by atoms with Gasteiger partial charge in [0.1, 0.15) is 5.82 Å². The first-order valence-corrected chi connectivity index (χ1v) is 6.92. The van der Waals surface area contributed by atoms with Crippen LogP contribution in [0, 0.1) is 5.82 Å². The second-order valence-electron chi connectivity index (χ2n) is 5.02. The molecule has 2 rings (SSSR count). The number of benzene rings is 1. The molecule has 0 saturated carbocycles. The van der Waals surface area contributed by atoms with Gasteiger partial charge in [0.15, 0.2) is 0 Å². The summed E-state index contributed by atoms with van der Waals surface area (Å²) in [5.74, 6) is -0.123.